The Morgan fingerprint density at radius 2 is 1.85 bits per heavy atom. The van der Waals surface area contributed by atoms with Gasteiger partial charge in [-0.15, -0.1) is 0 Å². The summed E-state index contributed by atoms with van der Waals surface area (Å²) in [6.45, 7) is 0.727. The van der Waals surface area contributed by atoms with E-state index in [-0.39, 0.29) is 10.9 Å². The number of hydrogen-bond donors (Lipinski definition) is 2. The van der Waals surface area contributed by atoms with E-state index in [1.807, 2.05) is 18.2 Å². The summed E-state index contributed by atoms with van der Waals surface area (Å²) in [6, 6.07) is 15.9. The maximum absolute atomic E-state index is 13.2. The van der Waals surface area contributed by atoms with Gasteiger partial charge >= 0.3 is 0 Å². The highest BCUT2D eigenvalue weighted by atomic mass is 35.5. The van der Waals surface area contributed by atoms with E-state index in [4.69, 9.17) is 11.6 Å². The lowest BCUT2D eigenvalue weighted by atomic mass is 10.1. The van der Waals surface area contributed by atoms with Crippen LogP contribution in [0.5, 0.6) is 0 Å². The Labute approximate surface area is 156 Å². The van der Waals surface area contributed by atoms with E-state index >= 15 is 0 Å². The van der Waals surface area contributed by atoms with E-state index in [1.165, 1.54) is 30.0 Å². The molecule has 26 heavy (non-hydrogen) atoms. The number of benzene rings is 2. The van der Waals surface area contributed by atoms with Crippen LogP contribution >= 0.6 is 11.6 Å². The van der Waals surface area contributed by atoms with Crippen molar-refractivity contribution in [3.05, 3.63) is 89.0 Å². The van der Waals surface area contributed by atoms with Gasteiger partial charge < -0.3 is 10.6 Å². The van der Waals surface area contributed by atoms with Crippen molar-refractivity contribution in [2.75, 3.05) is 17.2 Å². The van der Waals surface area contributed by atoms with Crippen LogP contribution < -0.4 is 10.6 Å². The zero-order chi connectivity index (χ0) is 18.4. The van der Waals surface area contributed by atoms with Crippen molar-refractivity contribution >= 4 is 28.9 Å². The number of anilines is 2. The fourth-order valence-electron chi connectivity index (χ4n) is 2.43. The van der Waals surface area contributed by atoms with Crippen molar-refractivity contribution in [3.8, 4) is 0 Å². The molecule has 0 saturated heterocycles. The number of halogens is 2. The van der Waals surface area contributed by atoms with Gasteiger partial charge in [0.25, 0.3) is 5.91 Å². The molecule has 1 aromatic heterocycles. The molecule has 1 amide bonds. The monoisotopic (exact) mass is 369 g/mol. The van der Waals surface area contributed by atoms with Crippen LogP contribution in [0.3, 0.4) is 0 Å². The number of nitrogens with one attached hydrogen (secondary N) is 2. The van der Waals surface area contributed by atoms with Gasteiger partial charge in [0.15, 0.2) is 0 Å². The summed E-state index contributed by atoms with van der Waals surface area (Å²) in [6.07, 6.45) is 4.00. The maximum atomic E-state index is 13.2. The third-order valence-electron chi connectivity index (χ3n) is 3.76. The number of rotatable bonds is 6. The fourth-order valence-corrected chi connectivity index (χ4v) is 2.61. The normalized spacial score (nSPS) is 10.4. The molecule has 0 unspecified atom stereocenters. The lowest BCUT2D eigenvalue weighted by molar-refractivity contribution is 0.102. The number of hydrogen-bond acceptors (Lipinski definition) is 3. The molecule has 3 aromatic rings. The predicted octanol–water partition coefficient (Wildman–Crippen LogP) is 4.78. The molecule has 0 aliphatic heterocycles. The van der Waals surface area contributed by atoms with Gasteiger partial charge in [-0.25, -0.2) is 4.39 Å². The Kier molecular flexibility index (Phi) is 5.81. The summed E-state index contributed by atoms with van der Waals surface area (Å²) < 4.78 is 13.2. The molecular weight excluding hydrogens is 353 g/mol. The molecule has 132 valence electrons. The zero-order valence-corrected chi connectivity index (χ0v) is 14.6. The Balaban J connectivity index is 1.60. The first-order valence-corrected chi connectivity index (χ1v) is 8.49. The topological polar surface area (TPSA) is 54.0 Å². The molecule has 0 radical (unpaired) electrons. The van der Waals surface area contributed by atoms with Gasteiger partial charge in [0.2, 0.25) is 0 Å². The largest absolute Gasteiger partial charge is 0.383 e. The van der Waals surface area contributed by atoms with Gasteiger partial charge in [-0.05, 0) is 36.2 Å². The predicted molar refractivity (Wildman–Crippen MR) is 102 cm³/mol. The first kappa shape index (κ1) is 17.9. The summed E-state index contributed by atoms with van der Waals surface area (Å²) >= 11 is 5.73. The maximum Gasteiger partial charge on any atom is 0.257 e. The minimum atomic E-state index is -0.532. The van der Waals surface area contributed by atoms with Crippen LogP contribution in [0.15, 0.2) is 67.0 Å². The van der Waals surface area contributed by atoms with Crippen molar-refractivity contribution in [2.45, 2.75) is 6.42 Å². The smallest absolute Gasteiger partial charge is 0.257 e. The Bertz CT molecular complexity index is 903. The van der Waals surface area contributed by atoms with Crippen LogP contribution in [0.4, 0.5) is 15.8 Å². The molecule has 6 heteroatoms. The summed E-state index contributed by atoms with van der Waals surface area (Å²) in [7, 11) is 0. The minimum absolute atomic E-state index is 0.0442. The van der Waals surface area contributed by atoms with Crippen molar-refractivity contribution in [1.82, 2.24) is 4.98 Å². The van der Waals surface area contributed by atoms with Crippen molar-refractivity contribution < 1.29 is 9.18 Å². The van der Waals surface area contributed by atoms with E-state index in [1.54, 1.807) is 12.3 Å². The summed E-state index contributed by atoms with van der Waals surface area (Å²) in [5, 5.41) is 5.89. The first-order chi connectivity index (χ1) is 12.6. The van der Waals surface area contributed by atoms with Crippen LogP contribution in [0.25, 0.3) is 0 Å². The Morgan fingerprint density at radius 3 is 2.62 bits per heavy atom. The number of nitrogens with zero attached hydrogens (tertiary/aromatic N) is 1. The molecule has 0 bridgehead atoms. The summed E-state index contributed by atoms with van der Waals surface area (Å²) in [5.74, 6) is -0.872. The Hall–Kier alpha value is -2.92. The van der Waals surface area contributed by atoms with E-state index in [0.717, 1.165) is 18.7 Å². The number of amides is 1. The van der Waals surface area contributed by atoms with E-state index in [0.29, 0.717) is 11.3 Å². The minimum Gasteiger partial charge on any atom is -0.383 e. The lowest BCUT2D eigenvalue weighted by Crippen LogP contribution is -2.13. The third kappa shape index (κ3) is 4.80. The molecule has 0 atom stereocenters. The molecule has 2 N–H and O–H groups in total. The quantitative estimate of drug-likeness (QED) is 0.657. The molecule has 0 fully saturated rings. The third-order valence-corrected chi connectivity index (χ3v) is 4.05. The average molecular weight is 370 g/mol. The van der Waals surface area contributed by atoms with Crippen molar-refractivity contribution in [3.63, 3.8) is 0 Å². The number of aromatic nitrogens is 1. The second-order valence-electron chi connectivity index (χ2n) is 5.71. The number of pyridine rings is 1. The highest BCUT2D eigenvalue weighted by Crippen LogP contribution is 2.20. The van der Waals surface area contributed by atoms with Gasteiger partial charge in [0, 0.05) is 24.6 Å². The van der Waals surface area contributed by atoms with E-state index in [2.05, 4.69) is 27.8 Å². The highest BCUT2D eigenvalue weighted by molar-refractivity contribution is 6.31. The second-order valence-corrected chi connectivity index (χ2v) is 6.11. The van der Waals surface area contributed by atoms with Crippen LogP contribution in [0.2, 0.25) is 5.02 Å². The highest BCUT2D eigenvalue weighted by Gasteiger charge is 2.09. The molecule has 3 rings (SSSR count). The average Bonchev–Trinajstić information content (AvgIpc) is 2.66. The van der Waals surface area contributed by atoms with Gasteiger partial charge in [0.05, 0.1) is 16.3 Å². The standard InChI is InChI=1S/C20H17ClFN3O/c21-18-11-16(6-7-19(18)22)25-20(26)15-10-17(13-23-12-15)24-9-8-14-4-2-1-3-5-14/h1-7,10-13,24H,8-9H2,(H,25,26). The molecular formula is C20H17ClFN3O. The molecule has 0 aliphatic carbocycles. The summed E-state index contributed by atoms with van der Waals surface area (Å²) in [4.78, 5) is 16.4. The number of carbonyl (C=O) groups is 1. The van der Waals surface area contributed by atoms with E-state index < -0.39 is 5.82 Å². The zero-order valence-electron chi connectivity index (χ0n) is 13.9. The molecule has 0 spiro atoms. The fraction of sp³-hybridized carbons (Fsp3) is 0.100. The molecule has 1 heterocycles. The van der Waals surface area contributed by atoms with Crippen LogP contribution in [0, 0.1) is 5.82 Å². The SMILES string of the molecule is O=C(Nc1ccc(F)c(Cl)c1)c1cncc(NCCc2ccccc2)c1. The van der Waals surface area contributed by atoms with Gasteiger partial charge in [0.1, 0.15) is 5.82 Å². The lowest BCUT2D eigenvalue weighted by Gasteiger charge is -2.09. The van der Waals surface area contributed by atoms with Gasteiger partial charge in [-0.2, -0.15) is 0 Å². The molecule has 2 aromatic carbocycles. The van der Waals surface area contributed by atoms with Crippen LogP contribution in [-0.4, -0.2) is 17.4 Å². The molecule has 4 nitrogen and oxygen atoms in total. The number of carbonyl (C=O) groups excluding carboxylic acids is 1. The van der Waals surface area contributed by atoms with E-state index in [9.17, 15) is 9.18 Å². The molecule has 0 aliphatic rings. The van der Waals surface area contributed by atoms with Gasteiger partial charge in [-0.1, -0.05) is 41.9 Å². The van der Waals surface area contributed by atoms with Crippen molar-refractivity contribution in [2.24, 2.45) is 0 Å². The molecule has 0 saturated carbocycles. The van der Waals surface area contributed by atoms with Gasteiger partial charge in [-0.3, -0.25) is 9.78 Å². The first-order valence-electron chi connectivity index (χ1n) is 8.11. The summed E-state index contributed by atoms with van der Waals surface area (Å²) in [5.41, 5.74) is 2.81. The Morgan fingerprint density at radius 1 is 1.04 bits per heavy atom. The van der Waals surface area contributed by atoms with Crippen molar-refractivity contribution in [1.29, 1.82) is 0 Å². The van der Waals surface area contributed by atoms with Crippen LogP contribution in [0.1, 0.15) is 15.9 Å². The van der Waals surface area contributed by atoms with Crippen LogP contribution in [-0.2, 0) is 6.42 Å². The second kappa shape index (κ2) is 8.45.